The average Bonchev–Trinajstić information content (AvgIpc) is 2.03. The Kier molecular flexibility index (Phi) is 2.33. The van der Waals surface area contributed by atoms with Gasteiger partial charge in [0.15, 0.2) is 0 Å². The minimum atomic E-state index is -0.106. The second-order valence-electron chi connectivity index (χ2n) is 2.75. The molecule has 3 heteroatoms. The van der Waals surface area contributed by atoms with Gasteiger partial charge in [0.1, 0.15) is 5.75 Å². The molecule has 0 saturated heterocycles. The molecule has 1 N–H and O–H groups in total. The predicted octanol–water partition coefficient (Wildman–Crippen LogP) is 1.09. The summed E-state index contributed by atoms with van der Waals surface area (Å²) >= 11 is 0. The van der Waals surface area contributed by atoms with Crippen LogP contribution >= 0.6 is 0 Å². The Morgan fingerprint density at radius 1 is 1.42 bits per heavy atom. The van der Waals surface area contributed by atoms with Crippen LogP contribution in [0.25, 0.3) is 0 Å². The molecule has 12 heavy (non-hydrogen) atoms. The minimum Gasteiger partial charge on any atom is -0.508 e. The number of hydrogen-bond acceptors (Lipinski definition) is 2. The van der Waals surface area contributed by atoms with E-state index in [0.717, 1.165) is 0 Å². The van der Waals surface area contributed by atoms with Crippen molar-refractivity contribution in [1.82, 2.24) is 4.90 Å². The third-order valence-corrected chi connectivity index (χ3v) is 1.50. The number of phenols is 1. The normalized spacial score (nSPS) is 9.50. The molecule has 1 amide bonds. The molecule has 0 aliphatic rings. The maximum absolute atomic E-state index is 11.3. The Bertz CT molecular complexity index is 294. The van der Waals surface area contributed by atoms with Crippen LogP contribution in [0, 0.1) is 0 Å². The van der Waals surface area contributed by atoms with E-state index in [-0.39, 0.29) is 11.7 Å². The maximum Gasteiger partial charge on any atom is 0.253 e. The second kappa shape index (κ2) is 3.26. The molecule has 64 valence electrons. The third-order valence-electron chi connectivity index (χ3n) is 1.50. The number of carbonyl (C=O) groups excluding carboxylic acids is 1. The van der Waals surface area contributed by atoms with Crippen molar-refractivity contribution in [2.24, 2.45) is 0 Å². The van der Waals surface area contributed by atoms with Crippen LogP contribution < -0.4 is 0 Å². The number of benzene rings is 1. The molecule has 0 fully saturated rings. The topological polar surface area (TPSA) is 40.5 Å². The van der Waals surface area contributed by atoms with Gasteiger partial charge < -0.3 is 10.0 Å². The number of nitrogens with zero attached hydrogens (tertiary/aromatic N) is 1. The molecule has 0 saturated carbocycles. The smallest absolute Gasteiger partial charge is 0.253 e. The van der Waals surface area contributed by atoms with Gasteiger partial charge in [-0.05, 0) is 18.2 Å². The lowest BCUT2D eigenvalue weighted by molar-refractivity contribution is 0.0827. The first kappa shape index (κ1) is 8.59. The summed E-state index contributed by atoms with van der Waals surface area (Å²) in [5, 5.41) is 9.07. The van der Waals surface area contributed by atoms with E-state index >= 15 is 0 Å². The monoisotopic (exact) mass is 165 g/mol. The van der Waals surface area contributed by atoms with Gasteiger partial charge in [-0.15, -0.1) is 0 Å². The summed E-state index contributed by atoms with van der Waals surface area (Å²) in [6, 6.07) is 6.29. The number of phenolic OH excluding ortho intramolecular Hbond substituents is 1. The van der Waals surface area contributed by atoms with E-state index in [9.17, 15) is 4.79 Å². The predicted molar refractivity (Wildman–Crippen MR) is 46.1 cm³/mol. The standard InChI is InChI=1S/C9H11NO2/c1-10(2)9(12)7-4-3-5-8(11)6-7/h3-6,11H,1-2H3. The molecule has 3 nitrogen and oxygen atoms in total. The lowest BCUT2D eigenvalue weighted by Crippen LogP contribution is -2.21. The van der Waals surface area contributed by atoms with Crippen LogP contribution in [-0.4, -0.2) is 30.0 Å². The van der Waals surface area contributed by atoms with Crippen LogP contribution in [0.15, 0.2) is 24.3 Å². The van der Waals surface area contributed by atoms with E-state index in [4.69, 9.17) is 5.11 Å². The van der Waals surface area contributed by atoms with Crippen molar-refractivity contribution in [2.75, 3.05) is 14.1 Å². The number of rotatable bonds is 1. The lowest BCUT2D eigenvalue weighted by Gasteiger charge is -2.09. The highest BCUT2D eigenvalue weighted by atomic mass is 16.3. The molecule has 1 aromatic rings. The van der Waals surface area contributed by atoms with Gasteiger partial charge in [0, 0.05) is 19.7 Å². The van der Waals surface area contributed by atoms with Gasteiger partial charge in [0.2, 0.25) is 0 Å². The Hall–Kier alpha value is -1.51. The number of hydrogen-bond donors (Lipinski definition) is 1. The molecule has 1 rings (SSSR count). The Morgan fingerprint density at radius 2 is 2.08 bits per heavy atom. The van der Waals surface area contributed by atoms with Crippen molar-refractivity contribution in [1.29, 1.82) is 0 Å². The van der Waals surface area contributed by atoms with Gasteiger partial charge in [0.25, 0.3) is 5.91 Å². The summed E-state index contributed by atoms with van der Waals surface area (Å²) < 4.78 is 0. The van der Waals surface area contributed by atoms with Gasteiger partial charge in [0.05, 0.1) is 0 Å². The largest absolute Gasteiger partial charge is 0.508 e. The molecule has 0 aromatic heterocycles. The SMILES string of the molecule is CN(C)C(=O)c1cccc(O)c1. The minimum absolute atomic E-state index is 0.106. The van der Waals surface area contributed by atoms with Crippen LogP contribution in [0.5, 0.6) is 5.75 Å². The zero-order valence-electron chi connectivity index (χ0n) is 7.11. The van der Waals surface area contributed by atoms with E-state index < -0.39 is 0 Å². The molecular formula is C9H11NO2. The molecular weight excluding hydrogens is 154 g/mol. The van der Waals surface area contributed by atoms with Gasteiger partial charge in [-0.1, -0.05) is 6.07 Å². The summed E-state index contributed by atoms with van der Waals surface area (Å²) in [7, 11) is 3.35. The first-order chi connectivity index (χ1) is 5.61. The number of carbonyl (C=O) groups is 1. The number of amides is 1. The fourth-order valence-electron chi connectivity index (χ4n) is 0.897. The van der Waals surface area contributed by atoms with Crippen molar-refractivity contribution in [3.05, 3.63) is 29.8 Å². The zero-order chi connectivity index (χ0) is 9.14. The summed E-state index contributed by atoms with van der Waals surface area (Å²) in [6.45, 7) is 0. The van der Waals surface area contributed by atoms with Gasteiger partial charge in [-0.2, -0.15) is 0 Å². The molecule has 0 atom stereocenters. The zero-order valence-corrected chi connectivity index (χ0v) is 7.11. The third kappa shape index (κ3) is 1.75. The molecule has 0 spiro atoms. The van der Waals surface area contributed by atoms with E-state index in [0.29, 0.717) is 5.56 Å². The highest BCUT2D eigenvalue weighted by Crippen LogP contribution is 2.11. The first-order valence-electron chi connectivity index (χ1n) is 3.62. The van der Waals surface area contributed by atoms with Crippen molar-refractivity contribution in [3.8, 4) is 5.75 Å². The van der Waals surface area contributed by atoms with Crippen molar-refractivity contribution in [2.45, 2.75) is 0 Å². The molecule has 0 aliphatic carbocycles. The second-order valence-corrected chi connectivity index (χ2v) is 2.75. The average molecular weight is 165 g/mol. The number of aromatic hydroxyl groups is 1. The summed E-state index contributed by atoms with van der Waals surface area (Å²) in [4.78, 5) is 12.8. The first-order valence-corrected chi connectivity index (χ1v) is 3.62. The van der Waals surface area contributed by atoms with Crippen LogP contribution in [0.1, 0.15) is 10.4 Å². The summed E-state index contributed by atoms with van der Waals surface area (Å²) in [6.07, 6.45) is 0. The Labute approximate surface area is 71.2 Å². The summed E-state index contributed by atoms with van der Waals surface area (Å²) in [5.41, 5.74) is 0.500. The Balaban J connectivity index is 2.96. The lowest BCUT2D eigenvalue weighted by atomic mass is 10.2. The molecule has 0 unspecified atom stereocenters. The van der Waals surface area contributed by atoms with E-state index in [1.165, 1.54) is 17.0 Å². The van der Waals surface area contributed by atoms with Crippen LogP contribution in [0.4, 0.5) is 0 Å². The van der Waals surface area contributed by atoms with E-state index in [2.05, 4.69) is 0 Å². The highest BCUT2D eigenvalue weighted by Gasteiger charge is 2.06. The molecule has 1 aromatic carbocycles. The van der Waals surface area contributed by atoms with Crippen LogP contribution in [-0.2, 0) is 0 Å². The fourth-order valence-corrected chi connectivity index (χ4v) is 0.897. The maximum atomic E-state index is 11.3. The highest BCUT2D eigenvalue weighted by molar-refractivity contribution is 5.94. The molecule has 0 radical (unpaired) electrons. The van der Waals surface area contributed by atoms with Crippen LogP contribution in [0.3, 0.4) is 0 Å². The molecule has 0 bridgehead atoms. The summed E-state index contributed by atoms with van der Waals surface area (Å²) in [5.74, 6) is 0.00796. The fraction of sp³-hybridized carbons (Fsp3) is 0.222. The van der Waals surface area contributed by atoms with E-state index in [1.807, 2.05) is 0 Å². The van der Waals surface area contributed by atoms with Crippen molar-refractivity contribution in [3.63, 3.8) is 0 Å². The van der Waals surface area contributed by atoms with Crippen molar-refractivity contribution < 1.29 is 9.90 Å². The van der Waals surface area contributed by atoms with Gasteiger partial charge >= 0.3 is 0 Å². The van der Waals surface area contributed by atoms with Crippen LogP contribution in [0.2, 0.25) is 0 Å². The quantitative estimate of drug-likeness (QED) is 0.676. The van der Waals surface area contributed by atoms with E-state index in [1.54, 1.807) is 26.2 Å². The van der Waals surface area contributed by atoms with Crippen molar-refractivity contribution >= 4 is 5.91 Å². The molecule has 0 heterocycles. The van der Waals surface area contributed by atoms with Gasteiger partial charge in [-0.3, -0.25) is 4.79 Å². The van der Waals surface area contributed by atoms with Gasteiger partial charge in [-0.25, -0.2) is 0 Å². The molecule has 0 aliphatic heterocycles. The Morgan fingerprint density at radius 3 is 2.58 bits per heavy atom.